The lowest BCUT2D eigenvalue weighted by Gasteiger charge is -2.26. The second-order valence-electron chi connectivity index (χ2n) is 7.05. The lowest BCUT2D eigenvalue weighted by Crippen LogP contribution is -2.39. The lowest BCUT2D eigenvalue weighted by atomic mass is 10.2. The van der Waals surface area contributed by atoms with E-state index in [-0.39, 0.29) is 24.8 Å². The van der Waals surface area contributed by atoms with E-state index < -0.39 is 5.60 Å². The summed E-state index contributed by atoms with van der Waals surface area (Å²) < 4.78 is 11.4. The molecule has 1 N–H and O–H groups in total. The van der Waals surface area contributed by atoms with Crippen LogP contribution < -0.4 is 4.74 Å². The second kappa shape index (κ2) is 6.74. The quantitative estimate of drug-likeness (QED) is 0.926. The molecule has 128 valence electrons. The van der Waals surface area contributed by atoms with Crippen LogP contribution in [0.1, 0.15) is 45.5 Å². The summed E-state index contributed by atoms with van der Waals surface area (Å²) in [6.45, 7) is 9.79. The first-order valence-corrected chi connectivity index (χ1v) is 7.92. The van der Waals surface area contributed by atoms with E-state index in [1.807, 2.05) is 40.7 Å². The zero-order valence-corrected chi connectivity index (χ0v) is 14.5. The summed E-state index contributed by atoms with van der Waals surface area (Å²) in [7, 11) is 0. The topological polar surface area (TPSA) is 71.9 Å². The molecule has 0 saturated carbocycles. The Balaban J connectivity index is 2.01. The van der Waals surface area contributed by atoms with Crippen LogP contribution in [-0.4, -0.2) is 45.4 Å². The van der Waals surface area contributed by atoms with Crippen molar-refractivity contribution in [1.82, 2.24) is 9.88 Å². The molecular weight excluding hydrogens is 296 g/mol. The third-order valence-corrected chi connectivity index (χ3v) is 3.61. The average molecular weight is 322 g/mol. The van der Waals surface area contributed by atoms with Crippen molar-refractivity contribution in [1.29, 1.82) is 0 Å². The Morgan fingerprint density at radius 3 is 2.74 bits per heavy atom. The predicted octanol–water partition coefficient (Wildman–Crippen LogP) is 2.66. The molecule has 0 unspecified atom stereocenters. The van der Waals surface area contributed by atoms with Crippen molar-refractivity contribution >= 4 is 6.09 Å². The number of nitrogens with zero attached hydrogens (tertiary/aromatic N) is 2. The third-order valence-electron chi connectivity index (χ3n) is 3.61. The molecule has 1 aliphatic heterocycles. The van der Waals surface area contributed by atoms with Gasteiger partial charge in [0.1, 0.15) is 17.5 Å². The van der Waals surface area contributed by atoms with Gasteiger partial charge in [0.15, 0.2) is 0 Å². The fourth-order valence-electron chi connectivity index (χ4n) is 2.69. The van der Waals surface area contributed by atoms with Gasteiger partial charge in [0.25, 0.3) is 0 Å². The summed E-state index contributed by atoms with van der Waals surface area (Å²) >= 11 is 0. The summed E-state index contributed by atoms with van der Waals surface area (Å²) in [6, 6.07) is 3.63. The fourth-order valence-corrected chi connectivity index (χ4v) is 2.69. The van der Waals surface area contributed by atoms with Gasteiger partial charge in [0.2, 0.25) is 0 Å². The molecule has 2 atom stereocenters. The molecule has 6 heteroatoms. The van der Waals surface area contributed by atoms with Crippen LogP contribution in [0.25, 0.3) is 0 Å². The average Bonchev–Trinajstić information content (AvgIpc) is 2.77. The first-order chi connectivity index (χ1) is 10.7. The van der Waals surface area contributed by atoms with Crippen molar-refractivity contribution in [3.63, 3.8) is 0 Å². The Hall–Kier alpha value is -1.82. The van der Waals surface area contributed by atoms with Gasteiger partial charge < -0.3 is 19.5 Å². The SMILES string of the molecule is Cc1cc(O[C@@H]2C[C@H](C)N(C(=O)OC(C)(C)C)C2)cc(CO)n1. The molecule has 1 fully saturated rings. The van der Waals surface area contributed by atoms with Crippen molar-refractivity contribution in [2.24, 2.45) is 0 Å². The number of aliphatic hydroxyl groups is 1. The van der Waals surface area contributed by atoms with Crippen molar-refractivity contribution < 1.29 is 19.4 Å². The van der Waals surface area contributed by atoms with Gasteiger partial charge in [-0.15, -0.1) is 0 Å². The maximum absolute atomic E-state index is 12.2. The van der Waals surface area contributed by atoms with Crippen LogP contribution in [0.2, 0.25) is 0 Å². The molecule has 2 heterocycles. The number of aromatic nitrogens is 1. The highest BCUT2D eigenvalue weighted by Gasteiger charge is 2.36. The molecule has 0 bridgehead atoms. The number of ether oxygens (including phenoxy) is 2. The van der Waals surface area contributed by atoms with Gasteiger partial charge in [-0.25, -0.2) is 4.79 Å². The number of carbonyl (C=O) groups is 1. The van der Waals surface area contributed by atoms with Gasteiger partial charge in [-0.1, -0.05) is 0 Å². The largest absolute Gasteiger partial charge is 0.488 e. The summed E-state index contributed by atoms with van der Waals surface area (Å²) in [5.74, 6) is 0.671. The molecule has 0 aliphatic carbocycles. The van der Waals surface area contributed by atoms with Gasteiger partial charge in [-0.3, -0.25) is 4.98 Å². The van der Waals surface area contributed by atoms with Crippen LogP contribution in [-0.2, 0) is 11.3 Å². The van der Waals surface area contributed by atoms with Crippen molar-refractivity contribution in [2.45, 2.75) is 65.4 Å². The van der Waals surface area contributed by atoms with Crippen LogP contribution >= 0.6 is 0 Å². The van der Waals surface area contributed by atoms with Crippen LogP contribution in [0.3, 0.4) is 0 Å². The molecule has 0 spiro atoms. The Labute approximate surface area is 137 Å². The van der Waals surface area contributed by atoms with E-state index in [0.29, 0.717) is 18.0 Å². The first-order valence-electron chi connectivity index (χ1n) is 7.92. The molecule has 0 radical (unpaired) electrons. The molecule has 1 aliphatic rings. The summed E-state index contributed by atoms with van der Waals surface area (Å²) in [5, 5.41) is 9.22. The number of aliphatic hydroxyl groups excluding tert-OH is 1. The Bertz CT molecular complexity index is 568. The number of pyridine rings is 1. The van der Waals surface area contributed by atoms with Crippen molar-refractivity contribution in [3.05, 3.63) is 23.5 Å². The van der Waals surface area contributed by atoms with Crippen LogP contribution in [0, 0.1) is 6.92 Å². The van der Waals surface area contributed by atoms with Gasteiger partial charge in [0.05, 0.1) is 18.8 Å². The third kappa shape index (κ3) is 4.82. The van der Waals surface area contributed by atoms with Gasteiger partial charge in [0, 0.05) is 30.3 Å². The zero-order valence-electron chi connectivity index (χ0n) is 14.5. The van der Waals surface area contributed by atoms with E-state index in [4.69, 9.17) is 9.47 Å². The molecule has 6 nitrogen and oxygen atoms in total. The number of hydrogen-bond donors (Lipinski definition) is 1. The first kappa shape index (κ1) is 17.5. The smallest absolute Gasteiger partial charge is 0.410 e. The van der Waals surface area contributed by atoms with Crippen molar-refractivity contribution in [3.8, 4) is 5.75 Å². The van der Waals surface area contributed by atoms with Gasteiger partial charge >= 0.3 is 6.09 Å². The predicted molar refractivity (Wildman–Crippen MR) is 86.3 cm³/mol. The fraction of sp³-hybridized carbons (Fsp3) is 0.647. The van der Waals surface area contributed by atoms with Crippen LogP contribution in [0.5, 0.6) is 5.75 Å². The minimum atomic E-state index is -0.506. The maximum Gasteiger partial charge on any atom is 0.410 e. The van der Waals surface area contributed by atoms with Crippen LogP contribution in [0.4, 0.5) is 4.79 Å². The molecule has 23 heavy (non-hydrogen) atoms. The standard InChI is InChI=1S/C17H26N2O4/c1-11-6-14(8-13(10-20)18-11)22-15-7-12(2)19(9-15)16(21)23-17(3,4)5/h6,8,12,15,20H,7,9-10H2,1-5H3/t12-,15+/m0/s1. The van der Waals surface area contributed by atoms with E-state index in [0.717, 1.165) is 12.1 Å². The highest BCUT2D eigenvalue weighted by molar-refractivity contribution is 5.69. The maximum atomic E-state index is 12.2. The number of amides is 1. The molecule has 1 saturated heterocycles. The number of likely N-dealkylation sites (tertiary alicyclic amines) is 1. The number of aryl methyl sites for hydroxylation is 1. The number of rotatable bonds is 3. The Morgan fingerprint density at radius 1 is 1.43 bits per heavy atom. The minimum absolute atomic E-state index is 0.0649. The van der Waals surface area contributed by atoms with E-state index >= 15 is 0 Å². The molecule has 2 rings (SSSR count). The monoisotopic (exact) mass is 322 g/mol. The Morgan fingerprint density at radius 2 is 2.13 bits per heavy atom. The summed E-state index contributed by atoms with van der Waals surface area (Å²) in [4.78, 5) is 18.1. The highest BCUT2D eigenvalue weighted by atomic mass is 16.6. The lowest BCUT2D eigenvalue weighted by molar-refractivity contribution is 0.0224. The van der Waals surface area contributed by atoms with Crippen LogP contribution in [0.15, 0.2) is 12.1 Å². The Kier molecular flexibility index (Phi) is 5.14. The normalized spacial score (nSPS) is 21.4. The van der Waals surface area contributed by atoms with Crippen molar-refractivity contribution in [2.75, 3.05) is 6.54 Å². The zero-order chi connectivity index (χ0) is 17.2. The molecule has 1 aromatic rings. The minimum Gasteiger partial charge on any atom is -0.488 e. The van der Waals surface area contributed by atoms with E-state index in [1.165, 1.54) is 0 Å². The summed E-state index contributed by atoms with van der Waals surface area (Å²) in [5.41, 5.74) is 0.866. The summed E-state index contributed by atoms with van der Waals surface area (Å²) in [6.07, 6.45) is 0.346. The van der Waals surface area contributed by atoms with E-state index in [1.54, 1.807) is 11.0 Å². The second-order valence-corrected chi connectivity index (χ2v) is 7.05. The highest BCUT2D eigenvalue weighted by Crippen LogP contribution is 2.25. The number of hydrogen-bond acceptors (Lipinski definition) is 5. The molecular formula is C17H26N2O4. The molecule has 0 aromatic carbocycles. The van der Waals surface area contributed by atoms with E-state index in [9.17, 15) is 9.90 Å². The molecule has 1 amide bonds. The van der Waals surface area contributed by atoms with Gasteiger partial charge in [-0.05, 0) is 34.6 Å². The van der Waals surface area contributed by atoms with E-state index in [2.05, 4.69) is 4.98 Å². The molecule has 1 aromatic heterocycles. The van der Waals surface area contributed by atoms with Gasteiger partial charge in [-0.2, -0.15) is 0 Å². The number of carbonyl (C=O) groups excluding carboxylic acids is 1.